The predicted octanol–water partition coefficient (Wildman–Crippen LogP) is 3.65. The molecule has 2 rings (SSSR count). The molecule has 112 valence electrons. The largest absolute Gasteiger partial charge is 0.496 e. The summed E-state index contributed by atoms with van der Waals surface area (Å²) in [6.07, 6.45) is 0. The van der Waals surface area contributed by atoms with Crippen molar-refractivity contribution >= 4 is 11.4 Å². The summed E-state index contributed by atoms with van der Waals surface area (Å²) in [5.41, 5.74) is 1.61. The molecule has 2 aromatic carbocycles. The molecule has 1 N–H and O–H groups in total. The van der Waals surface area contributed by atoms with E-state index in [1.165, 1.54) is 12.1 Å². The number of para-hydroxylation sites is 1. The monoisotopic (exact) mass is 297 g/mol. The number of nitro groups is 1. The van der Waals surface area contributed by atoms with Crippen LogP contribution in [0.15, 0.2) is 42.5 Å². The lowest BCUT2D eigenvalue weighted by molar-refractivity contribution is -0.384. The van der Waals surface area contributed by atoms with Crippen molar-refractivity contribution in [3.05, 3.63) is 63.7 Å². The first-order valence-electron chi connectivity index (χ1n) is 6.64. The molecule has 0 fully saturated rings. The topological polar surface area (TPSA) is 88.2 Å². The third-order valence-corrected chi connectivity index (χ3v) is 3.31. The van der Waals surface area contributed by atoms with Gasteiger partial charge in [-0.2, -0.15) is 5.26 Å². The van der Waals surface area contributed by atoms with Crippen LogP contribution in [0.25, 0.3) is 0 Å². The molecule has 0 aromatic heterocycles. The van der Waals surface area contributed by atoms with Gasteiger partial charge in [-0.1, -0.05) is 18.2 Å². The number of nitrogens with zero attached hydrogens (tertiary/aromatic N) is 2. The van der Waals surface area contributed by atoms with E-state index < -0.39 is 4.92 Å². The molecule has 22 heavy (non-hydrogen) atoms. The van der Waals surface area contributed by atoms with Crippen molar-refractivity contribution < 1.29 is 9.66 Å². The van der Waals surface area contributed by atoms with Gasteiger partial charge in [-0.05, 0) is 19.1 Å². The highest BCUT2D eigenvalue weighted by molar-refractivity contribution is 5.62. The Balaban J connectivity index is 2.30. The van der Waals surface area contributed by atoms with Gasteiger partial charge in [-0.15, -0.1) is 0 Å². The van der Waals surface area contributed by atoms with Gasteiger partial charge in [0.1, 0.15) is 11.8 Å². The van der Waals surface area contributed by atoms with Crippen LogP contribution in [0.3, 0.4) is 0 Å². The van der Waals surface area contributed by atoms with Crippen molar-refractivity contribution in [2.45, 2.75) is 13.0 Å². The van der Waals surface area contributed by atoms with Gasteiger partial charge in [0.05, 0.1) is 29.3 Å². The van der Waals surface area contributed by atoms with Crippen molar-refractivity contribution in [1.29, 1.82) is 5.26 Å². The molecule has 6 nitrogen and oxygen atoms in total. The van der Waals surface area contributed by atoms with Crippen LogP contribution in [0.1, 0.15) is 24.1 Å². The number of benzene rings is 2. The summed E-state index contributed by atoms with van der Waals surface area (Å²) < 4.78 is 5.32. The number of anilines is 1. The van der Waals surface area contributed by atoms with Crippen LogP contribution in [-0.4, -0.2) is 12.0 Å². The maximum absolute atomic E-state index is 10.8. The maximum Gasteiger partial charge on any atom is 0.270 e. The smallest absolute Gasteiger partial charge is 0.270 e. The van der Waals surface area contributed by atoms with Gasteiger partial charge in [0.25, 0.3) is 5.69 Å². The Kier molecular flexibility index (Phi) is 4.59. The molecule has 0 aliphatic rings. The first-order chi connectivity index (χ1) is 10.6. The second-order valence-electron chi connectivity index (χ2n) is 4.71. The Morgan fingerprint density at radius 2 is 2.05 bits per heavy atom. The van der Waals surface area contributed by atoms with E-state index >= 15 is 0 Å². The Labute approximate surface area is 128 Å². The molecule has 0 amide bonds. The van der Waals surface area contributed by atoms with E-state index in [0.717, 1.165) is 11.3 Å². The van der Waals surface area contributed by atoms with E-state index in [9.17, 15) is 15.4 Å². The lowest BCUT2D eigenvalue weighted by atomic mass is 10.1. The Morgan fingerprint density at radius 3 is 2.68 bits per heavy atom. The summed E-state index contributed by atoms with van der Waals surface area (Å²) in [5, 5.41) is 23.1. The van der Waals surface area contributed by atoms with Crippen LogP contribution in [0.2, 0.25) is 0 Å². The van der Waals surface area contributed by atoms with Crippen LogP contribution in [0.4, 0.5) is 11.4 Å². The van der Waals surface area contributed by atoms with Crippen LogP contribution >= 0.6 is 0 Å². The lowest BCUT2D eigenvalue weighted by Gasteiger charge is -2.19. The summed E-state index contributed by atoms with van der Waals surface area (Å²) in [5.74, 6) is 0.739. The number of rotatable bonds is 5. The Bertz CT molecular complexity index is 738. The highest BCUT2D eigenvalue weighted by Gasteiger charge is 2.15. The fraction of sp³-hybridized carbons (Fsp3) is 0.188. The quantitative estimate of drug-likeness (QED) is 0.672. The molecule has 6 heteroatoms. The molecule has 0 radical (unpaired) electrons. The summed E-state index contributed by atoms with van der Waals surface area (Å²) >= 11 is 0. The zero-order chi connectivity index (χ0) is 16.1. The predicted molar refractivity (Wildman–Crippen MR) is 82.8 cm³/mol. The van der Waals surface area contributed by atoms with Crippen molar-refractivity contribution in [3.8, 4) is 11.8 Å². The second kappa shape index (κ2) is 6.59. The van der Waals surface area contributed by atoms with Crippen molar-refractivity contribution in [2.75, 3.05) is 12.4 Å². The van der Waals surface area contributed by atoms with Gasteiger partial charge in [0.15, 0.2) is 0 Å². The molecule has 0 aliphatic carbocycles. The number of hydrogen-bond donors (Lipinski definition) is 1. The number of methoxy groups -OCH3 is 1. The molecule has 0 saturated carbocycles. The Hall–Kier alpha value is -3.07. The molecule has 0 heterocycles. The van der Waals surface area contributed by atoms with Gasteiger partial charge in [-0.25, -0.2) is 0 Å². The molecule has 0 aliphatic heterocycles. The van der Waals surface area contributed by atoms with Crippen LogP contribution in [-0.2, 0) is 0 Å². The average Bonchev–Trinajstić information content (AvgIpc) is 2.54. The maximum atomic E-state index is 10.8. The zero-order valence-electron chi connectivity index (χ0n) is 12.2. The second-order valence-corrected chi connectivity index (χ2v) is 4.71. The minimum absolute atomic E-state index is 0.105. The van der Waals surface area contributed by atoms with Crippen LogP contribution < -0.4 is 10.1 Å². The number of non-ortho nitro benzene ring substituents is 1. The normalized spacial score (nSPS) is 11.3. The minimum Gasteiger partial charge on any atom is -0.496 e. The van der Waals surface area contributed by atoms with Crippen LogP contribution in [0, 0.1) is 21.4 Å². The van der Waals surface area contributed by atoms with E-state index in [2.05, 4.69) is 5.32 Å². The van der Waals surface area contributed by atoms with E-state index in [-0.39, 0.29) is 17.3 Å². The van der Waals surface area contributed by atoms with Crippen LogP contribution in [0.5, 0.6) is 5.75 Å². The number of ether oxygens (including phenoxy) is 1. The van der Waals surface area contributed by atoms with Gasteiger partial charge < -0.3 is 10.1 Å². The number of nitriles is 1. The minimum atomic E-state index is -0.520. The fourth-order valence-corrected chi connectivity index (χ4v) is 2.20. The molecule has 1 atom stereocenters. The van der Waals surface area contributed by atoms with E-state index in [0.29, 0.717) is 5.69 Å². The first kappa shape index (κ1) is 15.3. The van der Waals surface area contributed by atoms with Crippen molar-refractivity contribution in [2.24, 2.45) is 0 Å². The van der Waals surface area contributed by atoms with E-state index in [4.69, 9.17) is 4.74 Å². The standard InChI is InChI=1S/C16H15N3O3/c1-11(14-5-3-4-6-16(14)22-2)18-15-8-7-13(19(20)21)9-12(15)10-17/h3-9,11,18H,1-2H3. The summed E-state index contributed by atoms with van der Waals surface area (Å²) in [6.45, 7) is 1.93. The molecular formula is C16H15N3O3. The summed E-state index contributed by atoms with van der Waals surface area (Å²) in [6, 6.07) is 13.6. The third-order valence-electron chi connectivity index (χ3n) is 3.31. The van der Waals surface area contributed by atoms with Gasteiger partial charge in [-0.3, -0.25) is 10.1 Å². The SMILES string of the molecule is COc1ccccc1C(C)Nc1ccc([N+](=O)[O-])cc1C#N. The highest BCUT2D eigenvalue weighted by Crippen LogP contribution is 2.29. The first-order valence-corrected chi connectivity index (χ1v) is 6.64. The molecule has 0 spiro atoms. The van der Waals surface area contributed by atoms with Gasteiger partial charge >= 0.3 is 0 Å². The molecule has 1 unspecified atom stereocenters. The molecule has 0 saturated heterocycles. The van der Waals surface area contributed by atoms with E-state index in [1.54, 1.807) is 13.2 Å². The third kappa shape index (κ3) is 3.15. The zero-order valence-corrected chi connectivity index (χ0v) is 12.2. The average molecular weight is 297 g/mol. The summed E-state index contributed by atoms with van der Waals surface area (Å²) in [4.78, 5) is 10.2. The fourth-order valence-electron chi connectivity index (χ4n) is 2.20. The molecule has 0 bridgehead atoms. The lowest BCUT2D eigenvalue weighted by Crippen LogP contribution is -2.09. The van der Waals surface area contributed by atoms with Gasteiger partial charge in [0, 0.05) is 17.7 Å². The Morgan fingerprint density at radius 1 is 1.32 bits per heavy atom. The van der Waals surface area contributed by atoms with Gasteiger partial charge in [0.2, 0.25) is 0 Å². The van der Waals surface area contributed by atoms with E-state index in [1.807, 2.05) is 37.3 Å². The number of nitro benzene ring substituents is 1. The molecule has 2 aromatic rings. The molecular weight excluding hydrogens is 282 g/mol. The number of hydrogen-bond acceptors (Lipinski definition) is 5. The van der Waals surface area contributed by atoms with Crippen molar-refractivity contribution in [1.82, 2.24) is 0 Å². The highest BCUT2D eigenvalue weighted by atomic mass is 16.6. The summed E-state index contributed by atoms with van der Waals surface area (Å²) in [7, 11) is 1.60. The number of nitrogens with one attached hydrogen (secondary N) is 1. The van der Waals surface area contributed by atoms with Crippen molar-refractivity contribution in [3.63, 3.8) is 0 Å².